The van der Waals surface area contributed by atoms with E-state index in [1.165, 1.54) is 10.9 Å². The topological polar surface area (TPSA) is 84.7 Å². The molecule has 0 radical (unpaired) electrons. The van der Waals surface area contributed by atoms with Gasteiger partial charge in [0.2, 0.25) is 5.91 Å². The van der Waals surface area contributed by atoms with E-state index in [2.05, 4.69) is 33.0 Å². The highest BCUT2D eigenvalue weighted by Gasteiger charge is 2.06. The third-order valence-electron chi connectivity index (χ3n) is 2.85. The van der Waals surface area contributed by atoms with E-state index in [1.807, 2.05) is 30.3 Å². The highest BCUT2D eigenvalue weighted by molar-refractivity contribution is 7.80. The fourth-order valence-electron chi connectivity index (χ4n) is 1.71. The van der Waals surface area contributed by atoms with Crippen LogP contribution in [-0.4, -0.2) is 31.2 Å². The van der Waals surface area contributed by atoms with E-state index in [1.54, 1.807) is 6.08 Å². The molecule has 2 N–H and O–H groups in total. The highest BCUT2D eigenvalue weighted by atomic mass is 32.1. The summed E-state index contributed by atoms with van der Waals surface area (Å²) < 4.78 is 0. The van der Waals surface area contributed by atoms with E-state index >= 15 is 0 Å². The summed E-state index contributed by atoms with van der Waals surface area (Å²) in [4.78, 5) is 13.3. The fourth-order valence-corrected chi connectivity index (χ4v) is 1.90. The van der Waals surface area contributed by atoms with Crippen molar-refractivity contribution >= 4 is 35.3 Å². The standard InChI is InChI=1S/C15H18N6OS/c1-2-3-11-21-19-14(18-20-21)17-15(23)16-13(22)10-9-12-7-5-4-6-8-12/h4-10H,2-3,11H2,1H3,(H2,16,17,19,22,23)/b10-9+. The number of nitrogens with one attached hydrogen (secondary N) is 2. The first kappa shape index (κ1) is 16.8. The molecule has 0 aliphatic rings. The van der Waals surface area contributed by atoms with Crippen molar-refractivity contribution in [3.63, 3.8) is 0 Å². The summed E-state index contributed by atoms with van der Waals surface area (Å²) in [5, 5.41) is 17.2. The molecule has 0 saturated heterocycles. The van der Waals surface area contributed by atoms with E-state index in [0.717, 1.165) is 18.4 Å². The van der Waals surface area contributed by atoms with Crippen LogP contribution in [-0.2, 0) is 11.3 Å². The Morgan fingerprint density at radius 3 is 2.87 bits per heavy atom. The molecular weight excluding hydrogens is 312 g/mol. The Morgan fingerprint density at radius 2 is 2.13 bits per heavy atom. The number of hydrogen-bond donors (Lipinski definition) is 2. The minimum atomic E-state index is -0.329. The van der Waals surface area contributed by atoms with Crippen LogP contribution in [0.2, 0.25) is 0 Å². The maximum absolute atomic E-state index is 11.8. The lowest BCUT2D eigenvalue weighted by atomic mass is 10.2. The third-order valence-corrected chi connectivity index (χ3v) is 3.06. The Bertz CT molecular complexity index is 682. The van der Waals surface area contributed by atoms with Crippen molar-refractivity contribution in [3.05, 3.63) is 42.0 Å². The van der Waals surface area contributed by atoms with E-state index in [-0.39, 0.29) is 17.0 Å². The predicted molar refractivity (Wildman–Crippen MR) is 92.6 cm³/mol. The number of aromatic nitrogens is 4. The van der Waals surface area contributed by atoms with Crippen LogP contribution in [0.1, 0.15) is 25.3 Å². The van der Waals surface area contributed by atoms with Crippen molar-refractivity contribution in [2.75, 3.05) is 5.32 Å². The van der Waals surface area contributed by atoms with Gasteiger partial charge in [-0.2, -0.15) is 4.80 Å². The number of hydrogen-bond acceptors (Lipinski definition) is 5. The minimum Gasteiger partial charge on any atom is -0.299 e. The van der Waals surface area contributed by atoms with Crippen LogP contribution in [0.15, 0.2) is 36.4 Å². The lowest BCUT2D eigenvalue weighted by Crippen LogP contribution is -2.33. The zero-order valence-electron chi connectivity index (χ0n) is 12.8. The molecule has 1 amide bonds. The summed E-state index contributed by atoms with van der Waals surface area (Å²) in [5.41, 5.74) is 0.932. The van der Waals surface area contributed by atoms with Crippen LogP contribution < -0.4 is 10.6 Å². The molecule has 0 bridgehead atoms. The number of benzene rings is 1. The Kier molecular flexibility index (Phi) is 6.37. The Balaban J connectivity index is 1.81. The van der Waals surface area contributed by atoms with Crippen molar-refractivity contribution in [1.82, 2.24) is 25.5 Å². The molecule has 0 atom stereocenters. The van der Waals surface area contributed by atoms with Gasteiger partial charge in [-0.25, -0.2) is 0 Å². The lowest BCUT2D eigenvalue weighted by Gasteiger charge is -2.03. The summed E-state index contributed by atoms with van der Waals surface area (Å²) in [6.45, 7) is 2.79. The summed E-state index contributed by atoms with van der Waals surface area (Å²) in [6, 6.07) is 9.52. The quantitative estimate of drug-likeness (QED) is 0.622. The first-order valence-corrected chi connectivity index (χ1v) is 7.71. The Morgan fingerprint density at radius 1 is 1.35 bits per heavy atom. The van der Waals surface area contributed by atoms with E-state index in [9.17, 15) is 4.79 Å². The third kappa shape index (κ3) is 5.95. The number of tetrazole rings is 1. The second-order valence-electron chi connectivity index (χ2n) is 4.75. The molecular formula is C15H18N6OS. The van der Waals surface area contributed by atoms with Crippen molar-refractivity contribution in [3.8, 4) is 0 Å². The molecule has 2 rings (SSSR count). The smallest absolute Gasteiger partial charge is 0.269 e. The molecule has 0 spiro atoms. The van der Waals surface area contributed by atoms with Crippen molar-refractivity contribution in [1.29, 1.82) is 0 Å². The molecule has 8 heteroatoms. The number of unbranched alkanes of at least 4 members (excludes halogenated alkanes) is 1. The van der Waals surface area contributed by atoms with Crippen molar-refractivity contribution in [2.24, 2.45) is 0 Å². The number of carbonyl (C=O) groups excluding carboxylic acids is 1. The Labute approximate surface area is 139 Å². The number of nitrogens with zero attached hydrogens (tertiary/aromatic N) is 4. The van der Waals surface area contributed by atoms with Gasteiger partial charge in [-0.05, 0) is 35.5 Å². The van der Waals surface area contributed by atoms with Gasteiger partial charge in [0.15, 0.2) is 5.11 Å². The normalized spacial score (nSPS) is 10.7. The van der Waals surface area contributed by atoms with Crippen LogP contribution >= 0.6 is 12.2 Å². The zero-order valence-corrected chi connectivity index (χ0v) is 13.6. The van der Waals surface area contributed by atoms with Gasteiger partial charge < -0.3 is 0 Å². The van der Waals surface area contributed by atoms with Gasteiger partial charge in [-0.3, -0.25) is 15.4 Å². The van der Waals surface area contributed by atoms with Gasteiger partial charge >= 0.3 is 0 Å². The largest absolute Gasteiger partial charge is 0.299 e. The van der Waals surface area contributed by atoms with Crippen molar-refractivity contribution < 1.29 is 4.79 Å². The SMILES string of the molecule is CCCCn1nnc(NC(=S)NC(=O)/C=C/c2ccccc2)n1. The summed E-state index contributed by atoms with van der Waals surface area (Å²) >= 11 is 5.05. The Hall–Kier alpha value is -2.61. The fraction of sp³-hybridized carbons (Fsp3) is 0.267. The number of amides is 1. The number of anilines is 1. The van der Waals surface area contributed by atoms with Gasteiger partial charge in [0.1, 0.15) is 0 Å². The summed E-state index contributed by atoms with van der Waals surface area (Å²) in [7, 11) is 0. The minimum absolute atomic E-state index is 0.128. The molecule has 1 aromatic heterocycles. The molecule has 1 aromatic carbocycles. The van der Waals surface area contributed by atoms with Crippen LogP contribution in [0.25, 0.3) is 6.08 Å². The highest BCUT2D eigenvalue weighted by Crippen LogP contribution is 2.00. The molecule has 0 fully saturated rings. The molecule has 1 heterocycles. The first-order valence-electron chi connectivity index (χ1n) is 7.30. The van der Waals surface area contributed by atoms with Crippen LogP contribution in [0.5, 0.6) is 0 Å². The molecule has 0 aliphatic heterocycles. The van der Waals surface area contributed by atoms with Crippen molar-refractivity contribution in [2.45, 2.75) is 26.3 Å². The molecule has 120 valence electrons. The number of carbonyl (C=O) groups is 1. The summed E-state index contributed by atoms with van der Waals surface area (Å²) in [6.07, 6.45) is 5.14. The van der Waals surface area contributed by atoms with E-state index < -0.39 is 0 Å². The molecule has 0 aliphatic carbocycles. The number of aryl methyl sites for hydroxylation is 1. The van der Waals surface area contributed by atoms with Crippen LogP contribution in [0.4, 0.5) is 5.95 Å². The average molecular weight is 330 g/mol. The van der Waals surface area contributed by atoms with Crippen LogP contribution in [0.3, 0.4) is 0 Å². The van der Waals surface area contributed by atoms with Crippen LogP contribution in [0, 0.1) is 0 Å². The van der Waals surface area contributed by atoms with E-state index in [4.69, 9.17) is 12.2 Å². The van der Waals surface area contributed by atoms with E-state index in [0.29, 0.717) is 6.54 Å². The lowest BCUT2D eigenvalue weighted by molar-refractivity contribution is -0.115. The monoisotopic (exact) mass is 330 g/mol. The van der Waals surface area contributed by atoms with Gasteiger partial charge in [0.05, 0.1) is 6.54 Å². The second kappa shape index (κ2) is 8.74. The maximum atomic E-state index is 11.8. The molecule has 0 unspecified atom stereocenters. The summed E-state index contributed by atoms with van der Waals surface area (Å²) in [5.74, 6) is -0.0665. The molecule has 0 saturated carbocycles. The number of rotatable bonds is 6. The van der Waals surface area contributed by atoms with Gasteiger partial charge in [0.25, 0.3) is 5.95 Å². The van der Waals surface area contributed by atoms with Gasteiger partial charge in [0, 0.05) is 6.08 Å². The maximum Gasteiger partial charge on any atom is 0.269 e. The molecule has 23 heavy (non-hydrogen) atoms. The van der Waals surface area contributed by atoms with Gasteiger partial charge in [-0.15, -0.1) is 5.10 Å². The molecule has 7 nitrogen and oxygen atoms in total. The zero-order chi connectivity index (χ0) is 16.5. The second-order valence-corrected chi connectivity index (χ2v) is 5.16. The number of thiocarbonyl (C=S) groups is 1. The average Bonchev–Trinajstić information content (AvgIpc) is 2.99. The van der Waals surface area contributed by atoms with Gasteiger partial charge in [-0.1, -0.05) is 48.8 Å². The molecule has 2 aromatic rings. The first-order chi connectivity index (χ1) is 11.2. The predicted octanol–water partition coefficient (Wildman–Crippen LogP) is 2.00.